The maximum absolute atomic E-state index is 12.1. The molecule has 0 atom stereocenters. The fourth-order valence-electron chi connectivity index (χ4n) is 1.30. The highest BCUT2D eigenvalue weighted by Crippen LogP contribution is 2.51. The van der Waals surface area contributed by atoms with Crippen LogP contribution in [0.25, 0.3) is 0 Å². The molecule has 0 spiro atoms. The quantitative estimate of drug-likeness (QED) is 0.350. The van der Waals surface area contributed by atoms with Gasteiger partial charge in [-0.2, -0.15) is 0 Å². The van der Waals surface area contributed by atoms with Gasteiger partial charge in [-0.25, -0.2) is 4.57 Å². The third kappa shape index (κ3) is 6.06. The Labute approximate surface area is 104 Å². The Bertz CT molecular complexity index is 300. The van der Waals surface area contributed by atoms with Crippen molar-refractivity contribution in [3.63, 3.8) is 0 Å². The highest BCUT2D eigenvalue weighted by Gasteiger charge is 2.28. The summed E-state index contributed by atoms with van der Waals surface area (Å²) >= 11 is 0. The van der Waals surface area contributed by atoms with Crippen LogP contribution in [0.1, 0.15) is 40.5 Å². The van der Waals surface area contributed by atoms with Crippen LogP contribution >= 0.6 is 7.82 Å². The lowest BCUT2D eigenvalue weighted by Gasteiger charge is -2.19. The Morgan fingerprint density at radius 2 is 1.71 bits per heavy atom. The van der Waals surface area contributed by atoms with E-state index >= 15 is 0 Å². The molecule has 0 aromatic rings. The van der Waals surface area contributed by atoms with Crippen LogP contribution in [-0.4, -0.2) is 13.2 Å². The number of phosphoric acid groups is 1. The van der Waals surface area contributed by atoms with Gasteiger partial charge in [0.05, 0.1) is 13.2 Å². The SMILES string of the molecule is C=C(OP(=O)(OCC)OCC)C(=CCC)CC. The van der Waals surface area contributed by atoms with Crippen LogP contribution in [0.2, 0.25) is 0 Å². The van der Waals surface area contributed by atoms with Gasteiger partial charge in [-0.15, -0.1) is 0 Å². The summed E-state index contributed by atoms with van der Waals surface area (Å²) in [5, 5.41) is 0. The third-order valence-corrected chi connectivity index (χ3v) is 3.58. The van der Waals surface area contributed by atoms with Crippen LogP contribution in [0.5, 0.6) is 0 Å². The van der Waals surface area contributed by atoms with Gasteiger partial charge in [0.25, 0.3) is 0 Å². The van der Waals surface area contributed by atoms with Crippen molar-refractivity contribution >= 4 is 7.82 Å². The van der Waals surface area contributed by atoms with Crippen molar-refractivity contribution in [3.05, 3.63) is 24.0 Å². The summed E-state index contributed by atoms with van der Waals surface area (Å²) < 4.78 is 27.4. The molecule has 0 amide bonds. The number of allylic oxidation sites excluding steroid dienone is 2. The molecule has 0 unspecified atom stereocenters. The van der Waals surface area contributed by atoms with Gasteiger partial charge in [-0.05, 0) is 32.3 Å². The molecule has 0 rings (SSSR count). The minimum absolute atomic E-state index is 0.267. The zero-order valence-electron chi connectivity index (χ0n) is 11.2. The fraction of sp³-hybridized carbons (Fsp3) is 0.667. The topological polar surface area (TPSA) is 44.8 Å². The smallest absolute Gasteiger partial charge is 0.404 e. The van der Waals surface area contributed by atoms with Crippen LogP contribution in [0.4, 0.5) is 0 Å². The first-order chi connectivity index (χ1) is 8.02. The van der Waals surface area contributed by atoms with Gasteiger partial charge in [0.2, 0.25) is 0 Å². The maximum atomic E-state index is 12.1. The summed E-state index contributed by atoms with van der Waals surface area (Å²) in [6, 6.07) is 0. The van der Waals surface area contributed by atoms with Crippen LogP contribution in [0.15, 0.2) is 24.0 Å². The van der Waals surface area contributed by atoms with Gasteiger partial charge in [-0.3, -0.25) is 9.05 Å². The summed E-state index contributed by atoms with van der Waals surface area (Å²) in [4.78, 5) is 0. The molecule has 0 bridgehead atoms. The minimum Gasteiger partial charge on any atom is -0.404 e. The highest BCUT2D eigenvalue weighted by molar-refractivity contribution is 7.48. The number of phosphoric ester groups is 1. The van der Waals surface area contributed by atoms with Crippen molar-refractivity contribution in [2.45, 2.75) is 40.5 Å². The van der Waals surface area contributed by atoms with E-state index in [1.165, 1.54) is 0 Å². The number of hydrogen-bond donors (Lipinski definition) is 0. The molecule has 0 heterocycles. The zero-order valence-corrected chi connectivity index (χ0v) is 12.1. The molecule has 0 aliphatic heterocycles. The van der Waals surface area contributed by atoms with E-state index in [2.05, 4.69) is 6.58 Å². The van der Waals surface area contributed by atoms with Crippen LogP contribution in [-0.2, 0) is 18.1 Å². The van der Waals surface area contributed by atoms with Crippen molar-refractivity contribution < 1.29 is 18.1 Å². The Morgan fingerprint density at radius 3 is 2.06 bits per heavy atom. The van der Waals surface area contributed by atoms with Gasteiger partial charge >= 0.3 is 7.82 Å². The number of rotatable bonds is 9. The lowest BCUT2D eigenvalue weighted by atomic mass is 10.1. The molecule has 0 N–H and O–H groups in total. The van der Waals surface area contributed by atoms with Crippen molar-refractivity contribution in [3.8, 4) is 0 Å². The van der Waals surface area contributed by atoms with Gasteiger partial charge in [0, 0.05) is 0 Å². The molecule has 0 aliphatic rings. The average molecular weight is 262 g/mol. The lowest BCUT2D eigenvalue weighted by molar-refractivity contribution is 0.147. The molecule has 100 valence electrons. The predicted octanol–water partition coefficient (Wildman–Crippen LogP) is 4.44. The Morgan fingerprint density at radius 1 is 1.18 bits per heavy atom. The van der Waals surface area contributed by atoms with Crippen LogP contribution in [0.3, 0.4) is 0 Å². The largest absolute Gasteiger partial charge is 0.530 e. The summed E-state index contributed by atoms with van der Waals surface area (Å²) in [5.41, 5.74) is 0.923. The van der Waals surface area contributed by atoms with Gasteiger partial charge in [0.15, 0.2) is 0 Å². The van der Waals surface area contributed by atoms with Crippen LogP contribution < -0.4 is 0 Å². The molecule has 0 aromatic heterocycles. The molecule has 0 aromatic carbocycles. The molecule has 0 saturated heterocycles. The van der Waals surface area contributed by atoms with E-state index in [0.717, 1.165) is 18.4 Å². The molecular formula is C12H23O4P. The average Bonchev–Trinajstić information content (AvgIpc) is 2.25. The molecule has 4 nitrogen and oxygen atoms in total. The standard InChI is InChI=1S/C12H23O4P/c1-6-10-12(7-2)11(5)16-17(13,14-8-3)15-9-4/h10H,5-9H2,1-4H3. The van der Waals surface area contributed by atoms with E-state index in [1.807, 2.05) is 19.9 Å². The minimum atomic E-state index is -3.51. The second-order valence-corrected chi connectivity index (χ2v) is 4.88. The zero-order chi connectivity index (χ0) is 13.3. The summed E-state index contributed by atoms with van der Waals surface area (Å²) in [5.74, 6) is 0.361. The molecule has 0 radical (unpaired) electrons. The third-order valence-electron chi connectivity index (χ3n) is 1.99. The molecule has 0 fully saturated rings. The van der Waals surface area contributed by atoms with Crippen molar-refractivity contribution in [2.75, 3.05) is 13.2 Å². The number of hydrogen-bond acceptors (Lipinski definition) is 4. The van der Waals surface area contributed by atoms with Gasteiger partial charge < -0.3 is 4.52 Å². The monoisotopic (exact) mass is 262 g/mol. The Hall–Kier alpha value is -0.570. The van der Waals surface area contributed by atoms with Crippen molar-refractivity contribution in [1.82, 2.24) is 0 Å². The van der Waals surface area contributed by atoms with E-state index in [9.17, 15) is 4.57 Å². The summed E-state index contributed by atoms with van der Waals surface area (Å²) in [6.45, 7) is 11.8. The molecule has 17 heavy (non-hydrogen) atoms. The Kier molecular flexibility index (Phi) is 8.23. The van der Waals surface area contributed by atoms with E-state index in [1.54, 1.807) is 13.8 Å². The molecular weight excluding hydrogens is 239 g/mol. The molecule has 0 saturated carbocycles. The van der Waals surface area contributed by atoms with E-state index < -0.39 is 7.82 Å². The van der Waals surface area contributed by atoms with E-state index in [4.69, 9.17) is 13.6 Å². The van der Waals surface area contributed by atoms with E-state index in [0.29, 0.717) is 5.76 Å². The van der Waals surface area contributed by atoms with E-state index in [-0.39, 0.29) is 13.2 Å². The van der Waals surface area contributed by atoms with Crippen molar-refractivity contribution in [2.24, 2.45) is 0 Å². The molecule has 5 heteroatoms. The lowest BCUT2D eigenvalue weighted by Crippen LogP contribution is -2.01. The van der Waals surface area contributed by atoms with Crippen molar-refractivity contribution in [1.29, 1.82) is 0 Å². The maximum Gasteiger partial charge on any atom is 0.530 e. The molecule has 0 aliphatic carbocycles. The van der Waals surface area contributed by atoms with Gasteiger partial charge in [0.1, 0.15) is 5.76 Å². The second-order valence-electron chi connectivity index (χ2n) is 3.29. The first kappa shape index (κ1) is 16.4. The fourth-order valence-corrected chi connectivity index (χ4v) is 2.50. The summed E-state index contributed by atoms with van der Waals surface area (Å²) in [7, 11) is -3.51. The Balaban J connectivity index is 4.71. The van der Waals surface area contributed by atoms with Gasteiger partial charge in [-0.1, -0.05) is 26.5 Å². The summed E-state index contributed by atoms with van der Waals surface area (Å²) in [6.07, 6.45) is 3.63. The van der Waals surface area contributed by atoms with Crippen LogP contribution in [0, 0.1) is 0 Å². The normalized spacial score (nSPS) is 12.6. The first-order valence-corrected chi connectivity index (χ1v) is 7.45. The first-order valence-electron chi connectivity index (χ1n) is 5.99. The predicted molar refractivity (Wildman–Crippen MR) is 69.7 cm³/mol. The highest BCUT2D eigenvalue weighted by atomic mass is 31.2. The second kappa shape index (κ2) is 8.51.